The number of imidazole rings is 1. The van der Waals surface area contributed by atoms with Gasteiger partial charge in [0.15, 0.2) is 5.65 Å². The van der Waals surface area contributed by atoms with Crippen molar-refractivity contribution in [3.05, 3.63) is 83.3 Å². The van der Waals surface area contributed by atoms with Gasteiger partial charge in [0.1, 0.15) is 11.3 Å². The highest BCUT2D eigenvalue weighted by atomic mass is 16.4. The van der Waals surface area contributed by atoms with Crippen molar-refractivity contribution in [2.75, 3.05) is 0 Å². The van der Waals surface area contributed by atoms with Gasteiger partial charge in [0.05, 0.1) is 12.1 Å². The summed E-state index contributed by atoms with van der Waals surface area (Å²) in [5.41, 5.74) is 6.21. The van der Waals surface area contributed by atoms with E-state index in [0.717, 1.165) is 52.9 Å². The van der Waals surface area contributed by atoms with Gasteiger partial charge in [0.2, 0.25) is 0 Å². The van der Waals surface area contributed by atoms with Crippen LogP contribution >= 0.6 is 0 Å². The summed E-state index contributed by atoms with van der Waals surface area (Å²) < 4.78 is 2.21. The monoisotopic (exact) mass is 399 g/mol. The van der Waals surface area contributed by atoms with Crippen molar-refractivity contribution >= 4 is 17.1 Å². The number of rotatable bonds is 7. The van der Waals surface area contributed by atoms with Crippen LogP contribution < -0.4 is 0 Å². The minimum Gasteiger partial charge on any atom is -0.478 e. The van der Waals surface area contributed by atoms with E-state index in [1.54, 1.807) is 12.1 Å². The van der Waals surface area contributed by atoms with E-state index in [1.165, 1.54) is 5.56 Å². The fourth-order valence-corrected chi connectivity index (χ4v) is 3.87. The number of hydrogen-bond donors (Lipinski definition) is 1. The number of aromatic nitrogens is 3. The largest absolute Gasteiger partial charge is 0.478 e. The number of benzene rings is 2. The molecule has 0 saturated carbocycles. The van der Waals surface area contributed by atoms with Gasteiger partial charge in [-0.1, -0.05) is 56.3 Å². The smallest absolute Gasteiger partial charge is 0.336 e. The first kappa shape index (κ1) is 19.8. The molecule has 0 spiro atoms. The van der Waals surface area contributed by atoms with Crippen LogP contribution in [0.4, 0.5) is 0 Å². The second kappa shape index (κ2) is 8.49. The molecular weight excluding hydrogens is 374 g/mol. The first-order chi connectivity index (χ1) is 14.6. The highest BCUT2D eigenvalue weighted by Crippen LogP contribution is 2.25. The van der Waals surface area contributed by atoms with Crippen molar-refractivity contribution in [3.63, 3.8) is 0 Å². The third-order valence-corrected chi connectivity index (χ3v) is 5.41. The van der Waals surface area contributed by atoms with Gasteiger partial charge in [-0.15, -0.1) is 0 Å². The normalized spacial score (nSPS) is 11.1. The summed E-state index contributed by atoms with van der Waals surface area (Å²) in [5.74, 6) is 0.141. The van der Waals surface area contributed by atoms with E-state index in [4.69, 9.17) is 4.98 Å². The lowest BCUT2D eigenvalue weighted by Gasteiger charge is -2.10. The number of pyridine rings is 1. The van der Waals surface area contributed by atoms with E-state index < -0.39 is 5.97 Å². The lowest BCUT2D eigenvalue weighted by atomic mass is 9.99. The Kier molecular flexibility index (Phi) is 5.61. The molecule has 0 aliphatic heterocycles. The Morgan fingerprint density at radius 1 is 1.03 bits per heavy atom. The van der Waals surface area contributed by atoms with Gasteiger partial charge >= 0.3 is 5.97 Å². The number of aromatic carboxylic acids is 1. The lowest BCUT2D eigenvalue weighted by molar-refractivity contribution is 0.0697. The van der Waals surface area contributed by atoms with Crippen molar-refractivity contribution in [2.24, 2.45) is 0 Å². The molecule has 0 atom stereocenters. The third-order valence-electron chi connectivity index (χ3n) is 5.41. The van der Waals surface area contributed by atoms with Crippen LogP contribution in [-0.2, 0) is 19.4 Å². The van der Waals surface area contributed by atoms with Crippen LogP contribution in [0.2, 0.25) is 0 Å². The molecule has 0 amide bonds. The number of carboxylic acids is 1. The predicted molar refractivity (Wildman–Crippen MR) is 119 cm³/mol. The molecule has 0 aliphatic rings. The lowest BCUT2D eigenvalue weighted by Crippen LogP contribution is -2.06. The first-order valence-electron chi connectivity index (χ1n) is 10.4. The van der Waals surface area contributed by atoms with Crippen LogP contribution in [0.25, 0.3) is 22.3 Å². The average Bonchev–Trinajstić information content (AvgIpc) is 3.11. The molecule has 152 valence electrons. The molecule has 5 heteroatoms. The Morgan fingerprint density at radius 3 is 2.50 bits per heavy atom. The maximum Gasteiger partial charge on any atom is 0.336 e. The minimum atomic E-state index is -0.915. The van der Waals surface area contributed by atoms with Crippen molar-refractivity contribution in [2.45, 2.75) is 39.7 Å². The fourth-order valence-electron chi connectivity index (χ4n) is 3.87. The Morgan fingerprint density at radius 2 is 1.80 bits per heavy atom. The molecule has 4 aromatic rings. The van der Waals surface area contributed by atoms with Gasteiger partial charge in [-0.2, -0.15) is 0 Å². The van der Waals surface area contributed by atoms with Gasteiger partial charge in [-0.3, -0.25) is 0 Å². The second-order valence-corrected chi connectivity index (χ2v) is 7.41. The molecule has 0 aliphatic carbocycles. The SMILES string of the molecule is CCCc1nc2c(CC)ccnc2n1Cc1ccc(-c2ccccc2C(=O)O)cc1. The van der Waals surface area contributed by atoms with Crippen LogP contribution in [0.3, 0.4) is 0 Å². The zero-order valence-corrected chi connectivity index (χ0v) is 17.3. The molecule has 0 unspecified atom stereocenters. The quantitative estimate of drug-likeness (QED) is 0.454. The summed E-state index contributed by atoms with van der Waals surface area (Å²) in [5, 5.41) is 9.46. The molecule has 1 N–H and O–H groups in total. The summed E-state index contributed by atoms with van der Waals surface area (Å²) in [4.78, 5) is 21.1. The van der Waals surface area contributed by atoms with Gasteiger partial charge in [0.25, 0.3) is 0 Å². The molecule has 0 saturated heterocycles. The number of nitrogens with zero attached hydrogens (tertiary/aromatic N) is 3. The topological polar surface area (TPSA) is 68.0 Å². The number of carbonyl (C=O) groups is 1. The summed E-state index contributed by atoms with van der Waals surface area (Å²) in [6.07, 6.45) is 4.72. The van der Waals surface area contributed by atoms with Crippen molar-refractivity contribution in [1.29, 1.82) is 0 Å². The van der Waals surface area contributed by atoms with E-state index >= 15 is 0 Å². The van der Waals surface area contributed by atoms with Crippen LogP contribution in [0, 0.1) is 0 Å². The third kappa shape index (κ3) is 3.71. The summed E-state index contributed by atoms with van der Waals surface area (Å²) in [6, 6.07) is 17.2. The zero-order chi connectivity index (χ0) is 21.1. The summed E-state index contributed by atoms with van der Waals surface area (Å²) in [7, 11) is 0. The second-order valence-electron chi connectivity index (χ2n) is 7.41. The van der Waals surface area contributed by atoms with Gasteiger partial charge in [-0.25, -0.2) is 14.8 Å². The first-order valence-corrected chi connectivity index (χ1v) is 10.4. The highest BCUT2D eigenvalue weighted by Gasteiger charge is 2.15. The maximum atomic E-state index is 11.5. The molecule has 0 radical (unpaired) electrons. The van der Waals surface area contributed by atoms with E-state index in [2.05, 4.69) is 35.5 Å². The van der Waals surface area contributed by atoms with Gasteiger partial charge < -0.3 is 9.67 Å². The van der Waals surface area contributed by atoms with Crippen LogP contribution in [-0.4, -0.2) is 25.6 Å². The average molecular weight is 399 g/mol. The molecule has 0 fully saturated rings. The fraction of sp³-hybridized carbons (Fsp3) is 0.240. The van der Waals surface area contributed by atoms with E-state index in [-0.39, 0.29) is 0 Å². The van der Waals surface area contributed by atoms with E-state index in [1.807, 2.05) is 36.5 Å². The van der Waals surface area contributed by atoms with E-state index in [9.17, 15) is 9.90 Å². The van der Waals surface area contributed by atoms with E-state index in [0.29, 0.717) is 12.1 Å². The minimum absolute atomic E-state index is 0.312. The number of carboxylic acid groups (broad SMARTS) is 1. The molecule has 2 heterocycles. The van der Waals surface area contributed by atoms with Gasteiger partial charge in [0, 0.05) is 12.6 Å². The Labute approximate surface area is 176 Å². The molecule has 4 rings (SSSR count). The Balaban J connectivity index is 1.70. The van der Waals surface area contributed by atoms with Gasteiger partial charge in [-0.05, 0) is 47.2 Å². The predicted octanol–water partition coefficient (Wildman–Crippen LogP) is 5.36. The maximum absolute atomic E-state index is 11.5. The van der Waals surface area contributed by atoms with Crippen LogP contribution in [0.1, 0.15) is 47.6 Å². The van der Waals surface area contributed by atoms with Crippen molar-refractivity contribution < 1.29 is 9.90 Å². The van der Waals surface area contributed by atoms with Crippen molar-refractivity contribution in [1.82, 2.24) is 14.5 Å². The van der Waals surface area contributed by atoms with Crippen LogP contribution in [0.15, 0.2) is 60.8 Å². The molecule has 2 aromatic carbocycles. The zero-order valence-electron chi connectivity index (χ0n) is 17.3. The van der Waals surface area contributed by atoms with Crippen molar-refractivity contribution in [3.8, 4) is 11.1 Å². The van der Waals surface area contributed by atoms with Crippen LogP contribution in [0.5, 0.6) is 0 Å². The number of aryl methyl sites for hydroxylation is 2. The summed E-state index contributed by atoms with van der Waals surface area (Å²) >= 11 is 0. The molecule has 2 aromatic heterocycles. The summed E-state index contributed by atoms with van der Waals surface area (Å²) in [6.45, 7) is 4.99. The molecule has 0 bridgehead atoms. The highest BCUT2D eigenvalue weighted by molar-refractivity contribution is 5.96. The Hall–Kier alpha value is -3.47. The molecule has 30 heavy (non-hydrogen) atoms. The number of hydrogen-bond acceptors (Lipinski definition) is 3. The molecular formula is C25H25N3O2. The standard InChI is InChI=1S/C25H25N3O2/c1-3-7-22-27-23-18(4-2)14-15-26-24(23)28(22)16-17-10-12-19(13-11-17)20-8-5-6-9-21(20)25(29)30/h5-6,8-15H,3-4,7,16H2,1-2H3,(H,29,30). The Bertz CT molecular complexity index is 1190. The molecule has 5 nitrogen and oxygen atoms in total. The number of fused-ring (bicyclic) bond motifs is 1.